The Morgan fingerprint density at radius 1 is 1.14 bits per heavy atom. The van der Waals surface area contributed by atoms with E-state index in [1.54, 1.807) is 31.3 Å². The van der Waals surface area contributed by atoms with Crippen molar-refractivity contribution in [3.05, 3.63) is 65.5 Å². The molecule has 0 saturated carbocycles. The number of para-hydroxylation sites is 1. The zero-order chi connectivity index (χ0) is 20.4. The summed E-state index contributed by atoms with van der Waals surface area (Å²) in [5.74, 6) is 0.337. The monoisotopic (exact) mass is 386 g/mol. The first kappa shape index (κ1) is 21.2. The number of carbonyl (C=O) groups excluding carboxylic acids is 1. The van der Waals surface area contributed by atoms with E-state index in [2.05, 4.69) is 20.9 Å². The normalized spacial score (nSPS) is 12.2. The SMILES string of the molecule is CCNC(=O)c1cccc(CNC(=NC)NCC(C)Oc2ccccc2F)c1. The van der Waals surface area contributed by atoms with E-state index in [0.717, 1.165) is 5.56 Å². The fourth-order valence-corrected chi connectivity index (χ4v) is 2.53. The summed E-state index contributed by atoms with van der Waals surface area (Å²) < 4.78 is 19.3. The number of hydrogen-bond donors (Lipinski definition) is 3. The van der Waals surface area contributed by atoms with Gasteiger partial charge in [0, 0.05) is 25.7 Å². The lowest BCUT2D eigenvalue weighted by atomic mass is 10.1. The molecule has 0 aliphatic carbocycles. The summed E-state index contributed by atoms with van der Waals surface area (Å²) in [6, 6.07) is 13.7. The van der Waals surface area contributed by atoms with Crippen LogP contribution < -0.4 is 20.7 Å². The van der Waals surface area contributed by atoms with Crippen molar-refractivity contribution in [2.45, 2.75) is 26.5 Å². The van der Waals surface area contributed by atoms with Crippen molar-refractivity contribution >= 4 is 11.9 Å². The molecule has 2 aromatic carbocycles. The molecule has 7 heteroatoms. The maximum atomic E-state index is 13.7. The topological polar surface area (TPSA) is 74.8 Å². The molecule has 1 amide bonds. The summed E-state index contributed by atoms with van der Waals surface area (Å²) in [7, 11) is 1.67. The molecule has 1 unspecified atom stereocenters. The number of guanidine groups is 1. The molecular formula is C21H27FN4O2. The highest BCUT2D eigenvalue weighted by Gasteiger charge is 2.09. The van der Waals surface area contributed by atoms with Crippen LogP contribution in [0.5, 0.6) is 5.75 Å². The summed E-state index contributed by atoms with van der Waals surface area (Å²) >= 11 is 0. The van der Waals surface area contributed by atoms with Gasteiger partial charge in [0.25, 0.3) is 5.91 Å². The molecule has 0 heterocycles. The van der Waals surface area contributed by atoms with Gasteiger partial charge in [-0.3, -0.25) is 9.79 Å². The molecule has 0 bridgehead atoms. The van der Waals surface area contributed by atoms with Crippen molar-refractivity contribution in [1.29, 1.82) is 0 Å². The van der Waals surface area contributed by atoms with Gasteiger partial charge in [-0.1, -0.05) is 24.3 Å². The smallest absolute Gasteiger partial charge is 0.251 e. The Labute approximate surface area is 165 Å². The van der Waals surface area contributed by atoms with Gasteiger partial charge in [-0.2, -0.15) is 0 Å². The second kappa shape index (κ2) is 10.9. The van der Waals surface area contributed by atoms with E-state index in [-0.39, 0.29) is 23.6 Å². The summed E-state index contributed by atoms with van der Waals surface area (Å²) in [5.41, 5.74) is 1.58. The summed E-state index contributed by atoms with van der Waals surface area (Å²) in [6.45, 7) is 5.28. The van der Waals surface area contributed by atoms with Crippen LogP contribution in [-0.4, -0.2) is 38.1 Å². The van der Waals surface area contributed by atoms with Crippen LogP contribution >= 0.6 is 0 Å². The zero-order valence-corrected chi connectivity index (χ0v) is 16.5. The number of aliphatic imine (C=N–C) groups is 1. The maximum Gasteiger partial charge on any atom is 0.251 e. The van der Waals surface area contributed by atoms with Gasteiger partial charge in [-0.05, 0) is 43.7 Å². The van der Waals surface area contributed by atoms with E-state index < -0.39 is 0 Å². The highest BCUT2D eigenvalue weighted by molar-refractivity contribution is 5.94. The Balaban J connectivity index is 1.84. The van der Waals surface area contributed by atoms with Gasteiger partial charge in [0.05, 0.1) is 6.54 Å². The Morgan fingerprint density at radius 2 is 1.93 bits per heavy atom. The average Bonchev–Trinajstić information content (AvgIpc) is 2.70. The average molecular weight is 386 g/mol. The molecule has 0 radical (unpaired) electrons. The van der Waals surface area contributed by atoms with Gasteiger partial charge in [0.15, 0.2) is 17.5 Å². The van der Waals surface area contributed by atoms with Crippen LogP contribution in [0, 0.1) is 5.82 Å². The van der Waals surface area contributed by atoms with E-state index in [9.17, 15) is 9.18 Å². The van der Waals surface area contributed by atoms with Crippen molar-refractivity contribution in [2.24, 2.45) is 4.99 Å². The van der Waals surface area contributed by atoms with E-state index in [1.165, 1.54) is 6.07 Å². The first-order valence-corrected chi connectivity index (χ1v) is 9.26. The second-order valence-corrected chi connectivity index (χ2v) is 6.23. The van der Waals surface area contributed by atoms with Crippen LogP contribution in [0.1, 0.15) is 29.8 Å². The van der Waals surface area contributed by atoms with Crippen molar-refractivity contribution in [1.82, 2.24) is 16.0 Å². The predicted octanol–water partition coefficient (Wildman–Crippen LogP) is 2.71. The number of benzene rings is 2. The molecule has 2 aromatic rings. The first-order valence-electron chi connectivity index (χ1n) is 9.26. The van der Waals surface area contributed by atoms with Gasteiger partial charge in [0.2, 0.25) is 0 Å². The minimum atomic E-state index is -0.385. The molecule has 2 rings (SSSR count). The number of ether oxygens (including phenoxy) is 1. The second-order valence-electron chi connectivity index (χ2n) is 6.23. The lowest BCUT2D eigenvalue weighted by molar-refractivity contribution is 0.0955. The molecular weight excluding hydrogens is 359 g/mol. The minimum absolute atomic E-state index is 0.0917. The summed E-state index contributed by atoms with van der Waals surface area (Å²) in [5, 5.41) is 9.13. The van der Waals surface area contributed by atoms with Crippen LogP contribution in [0.15, 0.2) is 53.5 Å². The third-order valence-corrected chi connectivity index (χ3v) is 3.93. The van der Waals surface area contributed by atoms with E-state index >= 15 is 0 Å². The standard InChI is InChI=1S/C21H27FN4O2/c1-4-24-20(27)17-9-7-8-16(12-17)14-26-21(23-3)25-13-15(2)28-19-11-6-5-10-18(19)22/h5-12,15H,4,13-14H2,1-3H3,(H,24,27)(H2,23,25,26). The predicted molar refractivity (Wildman–Crippen MR) is 109 cm³/mol. The molecule has 3 N–H and O–H groups in total. The molecule has 0 fully saturated rings. The highest BCUT2D eigenvalue weighted by atomic mass is 19.1. The number of halogens is 1. The van der Waals surface area contributed by atoms with Crippen LogP contribution in [0.2, 0.25) is 0 Å². The molecule has 0 aliphatic rings. The lowest BCUT2D eigenvalue weighted by Crippen LogP contribution is -2.41. The third kappa shape index (κ3) is 6.57. The van der Waals surface area contributed by atoms with Crippen LogP contribution in [0.4, 0.5) is 4.39 Å². The first-order chi connectivity index (χ1) is 13.5. The minimum Gasteiger partial charge on any atom is -0.486 e. The fraction of sp³-hybridized carbons (Fsp3) is 0.333. The van der Waals surface area contributed by atoms with Gasteiger partial charge < -0.3 is 20.7 Å². The molecule has 0 aliphatic heterocycles. The number of nitrogens with zero attached hydrogens (tertiary/aromatic N) is 1. The largest absolute Gasteiger partial charge is 0.486 e. The summed E-state index contributed by atoms with van der Waals surface area (Å²) in [6.07, 6.45) is -0.253. The van der Waals surface area contributed by atoms with Crippen molar-refractivity contribution in [3.8, 4) is 5.75 Å². The number of amides is 1. The maximum absolute atomic E-state index is 13.7. The number of hydrogen-bond acceptors (Lipinski definition) is 3. The van der Waals surface area contributed by atoms with E-state index in [4.69, 9.17) is 4.74 Å². The molecule has 150 valence electrons. The van der Waals surface area contributed by atoms with Crippen molar-refractivity contribution < 1.29 is 13.9 Å². The van der Waals surface area contributed by atoms with Crippen LogP contribution in [-0.2, 0) is 6.54 Å². The van der Waals surface area contributed by atoms with Crippen LogP contribution in [0.25, 0.3) is 0 Å². The Kier molecular flexibility index (Phi) is 8.27. The lowest BCUT2D eigenvalue weighted by Gasteiger charge is -2.18. The molecule has 0 spiro atoms. The molecule has 28 heavy (non-hydrogen) atoms. The number of rotatable bonds is 8. The van der Waals surface area contributed by atoms with Crippen LogP contribution in [0.3, 0.4) is 0 Å². The Morgan fingerprint density at radius 3 is 2.64 bits per heavy atom. The fourth-order valence-electron chi connectivity index (χ4n) is 2.53. The van der Waals surface area contributed by atoms with E-state index in [1.807, 2.05) is 32.0 Å². The van der Waals surface area contributed by atoms with Gasteiger partial charge in [-0.15, -0.1) is 0 Å². The molecule has 1 atom stereocenters. The zero-order valence-electron chi connectivity index (χ0n) is 16.5. The summed E-state index contributed by atoms with van der Waals surface area (Å²) in [4.78, 5) is 16.1. The highest BCUT2D eigenvalue weighted by Crippen LogP contribution is 2.16. The molecule has 0 aromatic heterocycles. The number of carbonyl (C=O) groups is 1. The van der Waals surface area contributed by atoms with Gasteiger partial charge in [0.1, 0.15) is 6.10 Å². The molecule has 6 nitrogen and oxygen atoms in total. The third-order valence-electron chi connectivity index (χ3n) is 3.93. The van der Waals surface area contributed by atoms with Crippen molar-refractivity contribution in [2.75, 3.05) is 20.1 Å². The Bertz CT molecular complexity index is 810. The number of nitrogens with one attached hydrogen (secondary N) is 3. The Hall–Kier alpha value is -3.09. The van der Waals surface area contributed by atoms with Crippen molar-refractivity contribution in [3.63, 3.8) is 0 Å². The molecule has 0 saturated heterocycles. The van der Waals surface area contributed by atoms with Gasteiger partial charge >= 0.3 is 0 Å². The quantitative estimate of drug-likeness (QED) is 0.482. The van der Waals surface area contributed by atoms with Gasteiger partial charge in [-0.25, -0.2) is 4.39 Å². The van der Waals surface area contributed by atoms with E-state index in [0.29, 0.717) is 31.2 Å².